The van der Waals surface area contributed by atoms with Crippen LogP contribution in [-0.2, 0) is 14.9 Å². The van der Waals surface area contributed by atoms with E-state index in [-0.39, 0.29) is 16.6 Å². The smallest absolute Gasteiger partial charge is 0.339 e. The summed E-state index contributed by atoms with van der Waals surface area (Å²) in [5.41, 5.74) is 6.98. The van der Waals surface area contributed by atoms with Crippen molar-refractivity contribution < 1.29 is 17.4 Å². The number of anilines is 2. The van der Waals surface area contributed by atoms with Gasteiger partial charge >= 0.3 is 10.1 Å². The predicted molar refractivity (Wildman–Crippen MR) is 146 cm³/mol. The number of unbranched alkanes of at least 4 members (excludes halogenated alkanes) is 4. The van der Waals surface area contributed by atoms with Crippen LogP contribution in [0, 0.1) is 0 Å². The highest BCUT2D eigenvalue weighted by atomic mass is 32.2. The maximum atomic E-state index is 12.8. The van der Waals surface area contributed by atoms with Crippen LogP contribution in [0.25, 0.3) is 10.2 Å². The average molecular weight is 534 g/mol. The topological polar surface area (TPSA) is 135 Å². The molecule has 0 aliphatic heterocycles. The van der Waals surface area contributed by atoms with Gasteiger partial charge < -0.3 is 25.9 Å². The number of nitrogens with one attached hydrogen (secondary N) is 3. The van der Waals surface area contributed by atoms with Gasteiger partial charge in [0.15, 0.2) is 5.13 Å². The Bertz CT molecular complexity index is 1210. The van der Waals surface area contributed by atoms with Crippen LogP contribution in [0.2, 0.25) is 0 Å². The number of hydrogen-bond acceptors (Lipinski definition) is 9. The van der Waals surface area contributed by atoms with E-state index in [1.54, 1.807) is 30.3 Å². The van der Waals surface area contributed by atoms with Gasteiger partial charge in [-0.3, -0.25) is 4.79 Å². The first-order valence-electron chi connectivity index (χ1n) is 12.3. The first-order valence-corrected chi connectivity index (χ1v) is 14.5. The minimum atomic E-state index is -3.99. The van der Waals surface area contributed by atoms with Gasteiger partial charge in [0.1, 0.15) is 10.6 Å². The van der Waals surface area contributed by atoms with Crippen molar-refractivity contribution in [2.24, 2.45) is 5.73 Å². The maximum Gasteiger partial charge on any atom is 0.339 e. The third-order valence-electron chi connectivity index (χ3n) is 5.44. The zero-order chi connectivity index (χ0) is 25.8. The number of benzene rings is 2. The normalized spacial score (nSPS) is 11.5. The summed E-state index contributed by atoms with van der Waals surface area (Å²) in [7, 11) is -3.99. The highest BCUT2D eigenvalue weighted by Crippen LogP contribution is 2.30. The van der Waals surface area contributed by atoms with E-state index in [0.717, 1.165) is 62.1 Å². The highest BCUT2D eigenvalue weighted by molar-refractivity contribution is 7.87. The molecule has 11 heteroatoms. The fourth-order valence-corrected chi connectivity index (χ4v) is 5.37. The number of amides is 1. The number of carbonyl (C=O) groups is 1. The molecule has 36 heavy (non-hydrogen) atoms. The van der Waals surface area contributed by atoms with Gasteiger partial charge in [-0.1, -0.05) is 37.5 Å². The quantitative estimate of drug-likeness (QED) is 0.158. The van der Waals surface area contributed by atoms with E-state index < -0.39 is 10.1 Å². The molecule has 1 amide bonds. The van der Waals surface area contributed by atoms with Crippen LogP contribution in [-0.4, -0.2) is 45.5 Å². The van der Waals surface area contributed by atoms with Crippen LogP contribution in [0.15, 0.2) is 47.4 Å². The second-order valence-electron chi connectivity index (χ2n) is 8.35. The molecule has 9 nitrogen and oxygen atoms in total. The molecule has 0 spiro atoms. The number of carbonyl (C=O) groups excluding carboxylic acids is 1. The summed E-state index contributed by atoms with van der Waals surface area (Å²) in [6, 6.07) is 11.3. The van der Waals surface area contributed by atoms with E-state index in [9.17, 15) is 13.2 Å². The van der Waals surface area contributed by atoms with Gasteiger partial charge in [-0.05, 0) is 62.3 Å². The molecule has 196 valence electrons. The van der Waals surface area contributed by atoms with Crippen LogP contribution in [0.5, 0.6) is 5.75 Å². The van der Waals surface area contributed by atoms with Crippen LogP contribution < -0.4 is 25.9 Å². The second-order valence-corrected chi connectivity index (χ2v) is 10.9. The molecule has 3 rings (SSSR count). The van der Waals surface area contributed by atoms with Crippen molar-refractivity contribution in [2.45, 2.75) is 50.3 Å². The average Bonchev–Trinajstić information content (AvgIpc) is 3.25. The predicted octanol–water partition coefficient (Wildman–Crippen LogP) is 4.32. The van der Waals surface area contributed by atoms with Gasteiger partial charge in [0.05, 0.1) is 10.2 Å². The Morgan fingerprint density at radius 3 is 2.53 bits per heavy atom. The summed E-state index contributed by atoms with van der Waals surface area (Å²) in [5.74, 6) is 0.112. The summed E-state index contributed by atoms with van der Waals surface area (Å²) in [4.78, 5) is 16.7. The first kappa shape index (κ1) is 27.9. The largest absolute Gasteiger partial charge is 0.384 e. The summed E-state index contributed by atoms with van der Waals surface area (Å²) in [6.07, 6.45) is 5.45. The molecule has 0 atom stereocenters. The molecule has 0 bridgehead atoms. The van der Waals surface area contributed by atoms with Gasteiger partial charge in [0.25, 0.3) is 0 Å². The number of nitrogens with zero attached hydrogens (tertiary/aromatic N) is 1. The molecule has 0 aliphatic rings. The zero-order valence-corrected chi connectivity index (χ0v) is 22.2. The van der Waals surface area contributed by atoms with Crippen molar-refractivity contribution in [2.75, 3.05) is 36.8 Å². The van der Waals surface area contributed by atoms with Crippen molar-refractivity contribution in [3.63, 3.8) is 0 Å². The number of fused-ring (bicyclic) bond motifs is 1. The van der Waals surface area contributed by atoms with Crippen molar-refractivity contribution in [1.29, 1.82) is 0 Å². The number of likely N-dealkylation sites (N-methyl/N-ethyl adjacent to an activating group) is 1. The van der Waals surface area contributed by atoms with E-state index in [2.05, 4.69) is 20.9 Å². The Labute approximate surface area is 217 Å². The molecule has 0 aliphatic carbocycles. The molecule has 0 fully saturated rings. The summed E-state index contributed by atoms with van der Waals surface area (Å²) in [6.45, 7) is 5.21. The Morgan fingerprint density at radius 2 is 1.78 bits per heavy atom. The van der Waals surface area contributed by atoms with E-state index in [0.29, 0.717) is 23.6 Å². The fourth-order valence-electron chi connectivity index (χ4n) is 3.54. The molecule has 0 saturated carbocycles. The Hall–Kier alpha value is -2.73. The van der Waals surface area contributed by atoms with E-state index in [4.69, 9.17) is 9.92 Å². The first-order chi connectivity index (χ1) is 17.4. The molecular formula is C25H35N5O4S2. The van der Waals surface area contributed by atoms with Crippen LogP contribution >= 0.6 is 11.3 Å². The third-order valence-corrected chi connectivity index (χ3v) is 7.64. The van der Waals surface area contributed by atoms with Gasteiger partial charge in [-0.2, -0.15) is 8.42 Å². The minimum absolute atomic E-state index is 0.0696. The van der Waals surface area contributed by atoms with Gasteiger partial charge in [-0.15, -0.1) is 0 Å². The molecule has 0 radical (unpaired) electrons. The molecule has 1 aromatic heterocycles. The van der Waals surface area contributed by atoms with Crippen molar-refractivity contribution in [1.82, 2.24) is 10.3 Å². The summed E-state index contributed by atoms with van der Waals surface area (Å²) in [5, 5.41) is 9.76. The van der Waals surface area contributed by atoms with Crippen molar-refractivity contribution in [3.8, 4) is 5.75 Å². The third kappa shape index (κ3) is 8.74. The monoisotopic (exact) mass is 533 g/mol. The molecular weight excluding hydrogens is 498 g/mol. The Kier molecular flexibility index (Phi) is 10.9. The number of rotatable bonds is 16. The fraction of sp³-hybridized carbons (Fsp3) is 0.440. The number of hydrogen-bond donors (Lipinski definition) is 4. The van der Waals surface area contributed by atoms with Gasteiger partial charge in [0, 0.05) is 31.3 Å². The van der Waals surface area contributed by atoms with Gasteiger partial charge in [0.2, 0.25) is 5.91 Å². The molecule has 2 aromatic carbocycles. The lowest BCUT2D eigenvalue weighted by Crippen LogP contribution is -2.21. The van der Waals surface area contributed by atoms with Gasteiger partial charge in [-0.25, -0.2) is 4.98 Å². The highest BCUT2D eigenvalue weighted by Gasteiger charge is 2.18. The molecule has 0 unspecified atom stereocenters. The standard InChI is InChI=1S/C25H35N5O4S2/c1-2-27-16-17-28-19-9-12-21(13-10-19)36(32,33)34-20-11-14-22-23(18-20)35-25(29-22)30-24(31)8-6-4-3-5-7-15-26/h9-14,18,27-28H,2-8,15-17,26H2,1H3,(H,29,30,31). The lowest BCUT2D eigenvalue weighted by Gasteiger charge is -2.09. The SMILES string of the molecule is CCNCCNc1ccc(S(=O)(=O)Oc2ccc3nc(NC(=O)CCCCCCCN)sc3c2)cc1. The van der Waals surface area contributed by atoms with Crippen LogP contribution in [0.3, 0.4) is 0 Å². The molecule has 1 heterocycles. The second kappa shape index (κ2) is 14.1. The van der Waals surface area contributed by atoms with E-state index in [1.165, 1.54) is 23.5 Å². The van der Waals surface area contributed by atoms with Crippen LogP contribution in [0.1, 0.15) is 45.4 Å². The van der Waals surface area contributed by atoms with E-state index >= 15 is 0 Å². The maximum absolute atomic E-state index is 12.8. The van der Waals surface area contributed by atoms with Crippen LogP contribution in [0.4, 0.5) is 10.8 Å². The number of thiazole rings is 1. The Balaban J connectivity index is 1.55. The number of aromatic nitrogens is 1. The van der Waals surface area contributed by atoms with Crippen molar-refractivity contribution in [3.05, 3.63) is 42.5 Å². The molecule has 5 N–H and O–H groups in total. The summed E-state index contributed by atoms with van der Waals surface area (Å²) >= 11 is 1.28. The summed E-state index contributed by atoms with van der Waals surface area (Å²) < 4.78 is 31.6. The Morgan fingerprint density at radius 1 is 1.03 bits per heavy atom. The minimum Gasteiger partial charge on any atom is -0.384 e. The van der Waals surface area contributed by atoms with E-state index in [1.807, 2.05) is 6.92 Å². The molecule has 0 saturated heterocycles. The number of nitrogens with two attached hydrogens (primary N) is 1. The molecule has 3 aromatic rings. The van der Waals surface area contributed by atoms with Crippen molar-refractivity contribution >= 4 is 48.4 Å². The lowest BCUT2D eigenvalue weighted by molar-refractivity contribution is -0.116. The zero-order valence-electron chi connectivity index (χ0n) is 20.6. The lowest BCUT2D eigenvalue weighted by atomic mass is 10.1.